The number of amides is 1. The molecule has 1 saturated heterocycles. The van der Waals surface area contributed by atoms with E-state index in [1.54, 1.807) is 0 Å². The van der Waals surface area contributed by atoms with Crippen molar-refractivity contribution < 1.29 is 14.7 Å². The van der Waals surface area contributed by atoms with Gasteiger partial charge in [-0.15, -0.1) is 0 Å². The van der Waals surface area contributed by atoms with Gasteiger partial charge in [0.2, 0.25) is 5.91 Å². The molecule has 0 aromatic heterocycles. The molecular weight excluding hydrogens is 232 g/mol. The Labute approximate surface area is 107 Å². The fraction of sp³-hybridized carbons (Fsp3) is 0.846. The lowest BCUT2D eigenvalue weighted by Crippen LogP contribution is -2.48. The summed E-state index contributed by atoms with van der Waals surface area (Å²) in [4.78, 5) is 25.0. The number of likely N-dealkylation sites (tertiary alicyclic amines) is 1. The Bertz CT molecular complexity index is 350. The van der Waals surface area contributed by atoms with Crippen LogP contribution in [0, 0.1) is 5.92 Å². The normalized spacial score (nSPS) is 30.7. The molecule has 2 unspecified atom stereocenters. The number of hydrogen-bond acceptors (Lipinski definition) is 3. The molecule has 2 fully saturated rings. The molecule has 3 N–H and O–H groups in total. The van der Waals surface area contributed by atoms with Gasteiger partial charge in [0.05, 0.1) is 0 Å². The van der Waals surface area contributed by atoms with Gasteiger partial charge in [-0.1, -0.05) is 19.8 Å². The van der Waals surface area contributed by atoms with Gasteiger partial charge >= 0.3 is 5.97 Å². The average Bonchev–Trinajstić information content (AvgIpc) is 2.84. The van der Waals surface area contributed by atoms with Crippen molar-refractivity contribution in [2.45, 2.75) is 57.0 Å². The monoisotopic (exact) mass is 254 g/mol. The molecule has 0 radical (unpaired) electrons. The van der Waals surface area contributed by atoms with Crippen LogP contribution in [0.1, 0.15) is 45.4 Å². The predicted octanol–water partition coefficient (Wildman–Crippen LogP) is 0.970. The first kappa shape index (κ1) is 13.3. The highest BCUT2D eigenvalue weighted by Gasteiger charge is 2.42. The van der Waals surface area contributed by atoms with E-state index >= 15 is 0 Å². The van der Waals surface area contributed by atoms with E-state index in [9.17, 15) is 14.7 Å². The van der Waals surface area contributed by atoms with E-state index in [0.717, 1.165) is 32.1 Å². The Morgan fingerprint density at radius 1 is 1.39 bits per heavy atom. The number of carbonyl (C=O) groups is 2. The van der Waals surface area contributed by atoms with Crippen LogP contribution in [0.5, 0.6) is 0 Å². The summed E-state index contributed by atoms with van der Waals surface area (Å²) < 4.78 is 0. The molecule has 1 heterocycles. The molecule has 102 valence electrons. The minimum Gasteiger partial charge on any atom is -0.480 e. The van der Waals surface area contributed by atoms with Crippen LogP contribution in [0.3, 0.4) is 0 Å². The largest absolute Gasteiger partial charge is 0.480 e. The maximum Gasteiger partial charge on any atom is 0.326 e. The lowest BCUT2D eigenvalue weighted by Gasteiger charge is -2.29. The molecule has 2 rings (SSSR count). The molecule has 5 heteroatoms. The predicted molar refractivity (Wildman–Crippen MR) is 66.9 cm³/mol. The molecule has 1 aliphatic carbocycles. The number of nitrogens with zero attached hydrogens (tertiary/aromatic N) is 1. The Kier molecular flexibility index (Phi) is 3.61. The van der Waals surface area contributed by atoms with Crippen LogP contribution in [0.15, 0.2) is 0 Å². The first-order chi connectivity index (χ1) is 8.43. The van der Waals surface area contributed by atoms with Crippen molar-refractivity contribution in [1.29, 1.82) is 0 Å². The number of carbonyl (C=O) groups excluding carboxylic acids is 1. The molecule has 0 bridgehead atoms. The summed E-state index contributed by atoms with van der Waals surface area (Å²) in [7, 11) is 0. The molecule has 5 nitrogen and oxygen atoms in total. The smallest absolute Gasteiger partial charge is 0.326 e. The first-order valence-corrected chi connectivity index (χ1v) is 6.74. The van der Waals surface area contributed by atoms with Crippen molar-refractivity contribution in [2.24, 2.45) is 11.7 Å². The molecule has 1 aliphatic heterocycles. The van der Waals surface area contributed by atoms with Crippen molar-refractivity contribution >= 4 is 11.9 Å². The summed E-state index contributed by atoms with van der Waals surface area (Å²) in [5.41, 5.74) is 5.79. The zero-order chi connectivity index (χ0) is 13.3. The fourth-order valence-electron chi connectivity index (χ4n) is 3.26. The molecule has 18 heavy (non-hydrogen) atoms. The van der Waals surface area contributed by atoms with E-state index in [1.807, 2.05) is 6.92 Å². The zero-order valence-electron chi connectivity index (χ0n) is 10.9. The van der Waals surface area contributed by atoms with E-state index in [0.29, 0.717) is 13.0 Å². The van der Waals surface area contributed by atoms with Gasteiger partial charge in [-0.25, -0.2) is 4.79 Å². The third-order valence-corrected chi connectivity index (χ3v) is 4.38. The summed E-state index contributed by atoms with van der Waals surface area (Å²) in [6, 6.07) is -0.664. The molecule has 0 aromatic rings. The minimum atomic E-state index is -0.897. The van der Waals surface area contributed by atoms with Crippen molar-refractivity contribution in [3.05, 3.63) is 0 Å². The van der Waals surface area contributed by atoms with E-state index in [4.69, 9.17) is 5.73 Å². The number of hydrogen-bond donors (Lipinski definition) is 2. The van der Waals surface area contributed by atoms with Crippen LogP contribution < -0.4 is 5.73 Å². The highest BCUT2D eigenvalue weighted by atomic mass is 16.4. The maximum atomic E-state index is 12.2. The number of aliphatic carboxylic acids is 1. The van der Waals surface area contributed by atoms with Crippen LogP contribution in [-0.4, -0.2) is 40.0 Å². The molecule has 0 aromatic carbocycles. The van der Waals surface area contributed by atoms with E-state index < -0.39 is 17.6 Å². The number of carboxylic acid groups (broad SMARTS) is 1. The number of rotatable bonds is 3. The Balaban J connectivity index is 2.02. The lowest BCUT2D eigenvalue weighted by molar-refractivity contribution is -0.149. The van der Waals surface area contributed by atoms with Crippen molar-refractivity contribution in [3.8, 4) is 0 Å². The lowest BCUT2D eigenvalue weighted by atomic mass is 9.93. The molecule has 2 atom stereocenters. The highest BCUT2D eigenvalue weighted by Crippen LogP contribution is 2.32. The van der Waals surface area contributed by atoms with Crippen LogP contribution in [0.25, 0.3) is 0 Å². The maximum absolute atomic E-state index is 12.2. The van der Waals surface area contributed by atoms with E-state index in [-0.39, 0.29) is 11.8 Å². The zero-order valence-corrected chi connectivity index (χ0v) is 10.9. The number of nitrogens with two attached hydrogens (primary N) is 1. The van der Waals surface area contributed by atoms with Crippen molar-refractivity contribution in [3.63, 3.8) is 0 Å². The number of carboxylic acids is 1. The van der Waals surface area contributed by atoms with E-state index in [1.165, 1.54) is 4.90 Å². The molecule has 1 saturated carbocycles. The van der Waals surface area contributed by atoms with Crippen molar-refractivity contribution in [1.82, 2.24) is 4.90 Å². The summed E-state index contributed by atoms with van der Waals surface area (Å²) in [5, 5.41) is 9.20. The first-order valence-electron chi connectivity index (χ1n) is 6.74. The van der Waals surface area contributed by atoms with Gasteiger partial charge < -0.3 is 15.7 Å². The average molecular weight is 254 g/mol. The second-order valence-corrected chi connectivity index (χ2v) is 5.88. The van der Waals surface area contributed by atoms with Gasteiger partial charge in [-0.3, -0.25) is 4.79 Å². The second-order valence-electron chi connectivity index (χ2n) is 5.88. The van der Waals surface area contributed by atoms with Crippen LogP contribution in [0.4, 0.5) is 0 Å². The van der Waals surface area contributed by atoms with Crippen LogP contribution in [0.2, 0.25) is 0 Å². The molecular formula is C13H22N2O3. The Morgan fingerprint density at radius 2 is 2.00 bits per heavy atom. The Morgan fingerprint density at radius 3 is 2.56 bits per heavy atom. The third-order valence-electron chi connectivity index (χ3n) is 4.38. The second kappa shape index (κ2) is 4.88. The van der Waals surface area contributed by atoms with Gasteiger partial charge in [-0.05, 0) is 25.2 Å². The quantitative estimate of drug-likeness (QED) is 0.786. The van der Waals surface area contributed by atoms with Crippen LogP contribution in [-0.2, 0) is 9.59 Å². The Hall–Kier alpha value is -1.10. The van der Waals surface area contributed by atoms with Crippen molar-refractivity contribution in [2.75, 3.05) is 6.54 Å². The summed E-state index contributed by atoms with van der Waals surface area (Å²) in [6.07, 6.45) is 4.95. The molecule has 2 aliphatic rings. The van der Waals surface area contributed by atoms with Crippen LogP contribution >= 0.6 is 0 Å². The summed E-state index contributed by atoms with van der Waals surface area (Å²) in [6.45, 7) is 2.44. The standard InChI is InChI=1S/C13H22N2O3/c1-9-4-7-15(11(9)12(17)18)10(16)8-13(14)5-2-3-6-13/h9,11H,2-8,14H2,1H3,(H,17,18). The SMILES string of the molecule is CC1CCN(C(=O)CC2(N)CCCC2)C1C(=O)O. The fourth-order valence-corrected chi connectivity index (χ4v) is 3.26. The van der Waals surface area contributed by atoms with Gasteiger partial charge in [0, 0.05) is 18.5 Å². The molecule has 0 spiro atoms. The van der Waals surface area contributed by atoms with Gasteiger partial charge in [0.15, 0.2) is 0 Å². The summed E-state index contributed by atoms with van der Waals surface area (Å²) >= 11 is 0. The van der Waals surface area contributed by atoms with Gasteiger partial charge in [0.1, 0.15) is 6.04 Å². The highest BCUT2D eigenvalue weighted by molar-refractivity contribution is 5.85. The topological polar surface area (TPSA) is 83.6 Å². The third kappa shape index (κ3) is 2.51. The van der Waals surface area contributed by atoms with Gasteiger partial charge in [0.25, 0.3) is 0 Å². The van der Waals surface area contributed by atoms with Gasteiger partial charge in [-0.2, -0.15) is 0 Å². The minimum absolute atomic E-state index is 0.0313. The summed E-state index contributed by atoms with van der Waals surface area (Å²) in [5.74, 6) is -0.953. The van der Waals surface area contributed by atoms with E-state index in [2.05, 4.69) is 0 Å². The molecule has 1 amide bonds.